The van der Waals surface area contributed by atoms with Crippen LogP contribution in [-0.4, -0.2) is 8.42 Å². The Bertz CT molecular complexity index is 730. The summed E-state index contributed by atoms with van der Waals surface area (Å²) in [6.45, 7) is 2.09. The molecule has 0 aliphatic rings. The largest absolute Gasteiger partial charge is 0.280 e. The van der Waals surface area contributed by atoms with Crippen LogP contribution in [0.15, 0.2) is 51.8 Å². The third-order valence-corrected chi connectivity index (χ3v) is 5.56. The summed E-state index contributed by atoms with van der Waals surface area (Å²) >= 11 is 9.16. The first kappa shape index (κ1) is 16.3. The van der Waals surface area contributed by atoms with Crippen LogP contribution in [0.3, 0.4) is 0 Å². The predicted octanol–water partition coefficient (Wildman–Crippen LogP) is 4.86. The predicted molar refractivity (Wildman–Crippen MR) is 90.4 cm³/mol. The standard InChI is InChI=1S/C15H15BrClNO2S/c1-2-3-11-4-7-13(8-5-11)21(19,20)18-12-6-9-15(17)14(16)10-12/h4-10,18H,2-3H2,1H3. The molecule has 1 N–H and O–H groups in total. The van der Waals surface area contributed by atoms with Crippen LogP contribution < -0.4 is 4.72 Å². The highest BCUT2D eigenvalue weighted by molar-refractivity contribution is 9.10. The van der Waals surface area contributed by atoms with Crippen LogP contribution in [0.4, 0.5) is 5.69 Å². The van der Waals surface area contributed by atoms with Crippen molar-refractivity contribution < 1.29 is 8.42 Å². The fraction of sp³-hybridized carbons (Fsp3) is 0.200. The van der Waals surface area contributed by atoms with E-state index in [1.165, 1.54) is 0 Å². The lowest BCUT2D eigenvalue weighted by molar-refractivity contribution is 0.601. The van der Waals surface area contributed by atoms with E-state index in [0.717, 1.165) is 18.4 Å². The summed E-state index contributed by atoms with van der Waals surface area (Å²) in [7, 11) is -3.59. The lowest BCUT2D eigenvalue weighted by Gasteiger charge is -2.09. The molecule has 0 unspecified atom stereocenters. The lowest BCUT2D eigenvalue weighted by atomic mass is 10.1. The van der Waals surface area contributed by atoms with Gasteiger partial charge in [-0.3, -0.25) is 4.72 Å². The normalized spacial score (nSPS) is 11.4. The maximum Gasteiger partial charge on any atom is 0.261 e. The van der Waals surface area contributed by atoms with Gasteiger partial charge in [-0.15, -0.1) is 0 Å². The molecular weight excluding hydrogens is 374 g/mol. The lowest BCUT2D eigenvalue weighted by Crippen LogP contribution is -2.12. The maximum atomic E-state index is 12.3. The molecule has 0 aliphatic carbocycles. The summed E-state index contributed by atoms with van der Waals surface area (Å²) in [6, 6.07) is 11.8. The van der Waals surface area contributed by atoms with Crippen molar-refractivity contribution in [2.45, 2.75) is 24.7 Å². The van der Waals surface area contributed by atoms with Gasteiger partial charge in [0.15, 0.2) is 0 Å². The van der Waals surface area contributed by atoms with Crippen molar-refractivity contribution in [2.75, 3.05) is 4.72 Å². The zero-order chi connectivity index (χ0) is 15.5. The minimum atomic E-state index is -3.59. The first-order valence-corrected chi connectivity index (χ1v) is 9.14. The number of aryl methyl sites for hydroxylation is 1. The molecule has 112 valence electrons. The van der Waals surface area contributed by atoms with Gasteiger partial charge in [-0.2, -0.15) is 0 Å². The second-order valence-electron chi connectivity index (χ2n) is 4.63. The Kier molecular flexibility index (Phi) is 5.30. The fourth-order valence-corrected chi connectivity index (χ4v) is 3.44. The highest BCUT2D eigenvalue weighted by atomic mass is 79.9. The van der Waals surface area contributed by atoms with E-state index >= 15 is 0 Å². The quantitative estimate of drug-likeness (QED) is 0.795. The second-order valence-corrected chi connectivity index (χ2v) is 7.57. The Morgan fingerprint density at radius 1 is 1.14 bits per heavy atom. The summed E-state index contributed by atoms with van der Waals surface area (Å²) in [6.07, 6.45) is 1.97. The molecule has 0 spiro atoms. The molecule has 0 aromatic heterocycles. The van der Waals surface area contributed by atoms with Crippen LogP contribution in [-0.2, 0) is 16.4 Å². The highest BCUT2D eigenvalue weighted by Gasteiger charge is 2.14. The van der Waals surface area contributed by atoms with Gasteiger partial charge in [-0.1, -0.05) is 37.1 Å². The molecule has 0 aliphatic heterocycles. The number of nitrogens with one attached hydrogen (secondary N) is 1. The van der Waals surface area contributed by atoms with Crippen LogP contribution in [0.2, 0.25) is 5.02 Å². The molecule has 2 aromatic carbocycles. The van der Waals surface area contributed by atoms with Crippen LogP contribution in [0.25, 0.3) is 0 Å². The molecule has 2 aromatic rings. The van der Waals surface area contributed by atoms with Crippen molar-refractivity contribution >= 4 is 43.2 Å². The number of hydrogen-bond acceptors (Lipinski definition) is 2. The van der Waals surface area contributed by atoms with Gasteiger partial charge in [0, 0.05) is 4.47 Å². The average Bonchev–Trinajstić information content (AvgIpc) is 2.44. The first-order chi connectivity index (χ1) is 9.92. The van der Waals surface area contributed by atoms with Gasteiger partial charge < -0.3 is 0 Å². The van der Waals surface area contributed by atoms with E-state index in [0.29, 0.717) is 15.2 Å². The Morgan fingerprint density at radius 2 is 1.81 bits per heavy atom. The maximum absolute atomic E-state index is 12.3. The van der Waals surface area contributed by atoms with Gasteiger partial charge in [-0.05, 0) is 58.2 Å². The number of halogens is 2. The molecule has 21 heavy (non-hydrogen) atoms. The molecule has 0 saturated carbocycles. The first-order valence-electron chi connectivity index (χ1n) is 6.49. The van der Waals surface area contributed by atoms with E-state index in [9.17, 15) is 8.42 Å². The van der Waals surface area contributed by atoms with E-state index in [-0.39, 0.29) is 4.90 Å². The number of benzene rings is 2. The van der Waals surface area contributed by atoms with Crippen LogP contribution in [0.5, 0.6) is 0 Å². The zero-order valence-electron chi connectivity index (χ0n) is 11.4. The minimum Gasteiger partial charge on any atom is -0.280 e. The van der Waals surface area contributed by atoms with Crippen molar-refractivity contribution in [3.63, 3.8) is 0 Å². The summed E-state index contributed by atoms with van der Waals surface area (Å²) < 4.78 is 27.8. The molecule has 0 radical (unpaired) electrons. The van der Waals surface area contributed by atoms with Crippen molar-refractivity contribution in [1.29, 1.82) is 0 Å². The number of sulfonamides is 1. The smallest absolute Gasteiger partial charge is 0.261 e. The van der Waals surface area contributed by atoms with E-state index < -0.39 is 10.0 Å². The van der Waals surface area contributed by atoms with Crippen molar-refractivity contribution in [3.05, 3.63) is 57.5 Å². The summed E-state index contributed by atoms with van der Waals surface area (Å²) in [5, 5.41) is 0.530. The second kappa shape index (κ2) is 6.81. The Morgan fingerprint density at radius 3 is 2.38 bits per heavy atom. The molecule has 2 rings (SSSR count). The molecule has 0 atom stereocenters. The summed E-state index contributed by atoms with van der Waals surface area (Å²) in [4.78, 5) is 0.244. The Balaban J connectivity index is 2.23. The topological polar surface area (TPSA) is 46.2 Å². The van der Waals surface area contributed by atoms with Crippen LogP contribution >= 0.6 is 27.5 Å². The molecule has 0 bridgehead atoms. The molecule has 0 saturated heterocycles. The van der Waals surface area contributed by atoms with Crippen molar-refractivity contribution in [1.82, 2.24) is 0 Å². The third kappa shape index (κ3) is 4.22. The summed E-state index contributed by atoms with van der Waals surface area (Å²) in [5.41, 5.74) is 1.59. The number of rotatable bonds is 5. The number of anilines is 1. The van der Waals surface area contributed by atoms with E-state index in [4.69, 9.17) is 11.6 Å². The fourth-order valence-electron chi connectivity index (χ4n) is 1.90. The number of hydrogen-bond donors (Lipinski definition) is 1. The van der Waals surface area contributed by atoms with Crippen LogP contribution in [0.1, 0.15) is 18.9 Å². The summed E-state index contributed by atoms with van der Waals surface area (Å²) in [5.74, 6) is 0. The molecule has 0 fully saturated rings. The zero-order valence-corrected chi connectivity index (χ0v) is 14.6. The van der Waals surface area contributed by atoms with Gasteiger partial charge in [0.05, 0.1) is 15.6 Å². The molecule has 3 nitrogen and oxygen atoms in total. The highest BCUT2D eigenvalue weighted by Crippen LogP contribution is 2.27. The van der Waals surface area contributed by atoms with Gasteiger partial charge in [0.1, 0.15) is 0 Å². The Labute approximate surface area is 138 Å². The van der Waals surface area contributed by atoms with Gasteiger partial charge in [0.2, 0.25) is 0 Å². The van der Waals surface area contributed by atoms with Gasteiger partial charge in [-0.25, -0.2) is 8.42 Å². The molecule has 0 amide bonds. The monoisotopic (exact) mass is 387 g/mol. The van der Waals surface area contributed by atoms with E-state index in [1.807, 2.05) is 12.1 Å². The molecular formula is C15H15BrClNO2S. The SMILES string of the molecule is CCCc1ccc(S(=O)(=O)Nc2ccc(Cl)c(Br)c2)cc1. The van der Waals surface area contributed by atoms with Gasteiger partial charge >= 0.3 is 0 Å². The van der Waals surface area contributed by atoms with Crippen LogP contribution in [0, 0.1) is 0 Å². The molecule has 0 heterocycles. The average molecular weight is 389 g/mol. The van der Waals surface area contributed by atoms with Crippen molar-refractivity contribution in [3.8, 4) is 0 Å². The van der Waals surface area contributed by atoms with Crippen molar-refractivity contribution in [2.24, 2.45) is 0 Å². The van der Waals surface area contributed by atoms with Gasteiger partial charge in [0.25, 0.3) is 10.0 Å². The Hall–Kier alpha value is -1.04. The third-order valence-electron chi connectivity index (χ3n) is 2.94. The van der Waals surface area contributed by atoms with E-state index in [1.54, 1.807) is 30.3 Å². The molecule has 6 heteroatoms. The van der Waals surface area contributed by atoms with E-state index in [2.05, 4.69) is 27.6 Å². The minimum absolute atomic E-state index is 0.244.